The Labute approximate surface area is 118 Å². The summed E-state index contributed by atoms with van der Waals surface area (Å²) in [4.78, 5) is 15.0. The van der Waals surface area contributed by atoms with Gasteiger partial charge in [-0.15, -0.1) is 0 Å². The number of hydrogen-bond acceptors (Lipinski definition) is 2. The molecule has 4 aliphatic rings. The number of rotatable bonds is 0. The van der Waals surface area contributed by atoms with Crippen LogP contribution in [0.15, 0.2) is 34.4 Å². The van der Waals surface area contributed by atoms with Crippen molar-refractivity contribution in [2.75, 3.05) is 6.54 Å². The van der Waals surface area contributed by atoms with Crippen molar-refractivity contribution in [1.29, 1.82) is 0 Å². The first kappa shape index (κ1) is 11.9. The number of piperidine rings is 2. The summed E-state index contributed by atoms with van der Waals surface area (Å²) in [7, 11) is 0. The second kappa shape index (κ2) is 4.32. The first-order valence-electron chi connectivity index (χ1n) is 7.28. The van der Waals surface area contributed by atoms with Crippen LogP contribution in [0.25, 0.3) is 0 Å². The average molecular weight is 276 g/mol. The Morgan fingerprint density at radius 3 is 2.95 bits per heavy atom. The maximum absolute atomic E-state index is 12.4. The van der Waals surface area contributed by atoms with Gasteiger partial charge in [-0.3, -0.25) is 9.69 Å². The zero-order valence-corrected chi connectivity index (χ0v) is 11.7. The van der Waals surface area contributed by atoms with Crippen molar-refractivity contribution in [1.82, 2.24) is 4.90 Å². The van der Waals surface area contributed by atoms with E-state index in [0.29, 0.717) is 17.9 Å². The lowest BCUT2D eigenvalue weighted by molar-refractivity contribution is -0.128. The number of carbonyl (C=O) groups excluding carboxylic acids is 1. The van der Waals surface area contributed by atoms with E-state index < -0.39 is 0 Å². The Kier molecular flexibility index (Phi) is 2.71. The lowest BCUT2D eigenvalue weighted by Gasteiger charge is -2.45. The smallest absolute Gasteiger partial charge is 0.142 e. The number of Topliss-reactive ketones (excluding diaryl/α,β-unsaturated/α-hetero) is 1. The Morgan fingerprint density at radius 2 is 2.16 bits per heavy atom. The molecule has 4 atom stereocenters. The molecular weight excluding hydrogens is 258 g/mol. The molecule has 19 heavy (non-hydrogen) atoms. The summed E-state index contributed by atoms with van der Waals surface area (Å²) in [5.74, 6) is 0.649. The molecule has 3 heteroatoms. The van der Waals surface area contributed by atoms with Crippen LogP contribution < -0.4 is 0 Å². The van der Waals surface area contributed by atoms with Crippen LogP contribution in [-0.4, -0.2) is 29.3 Å². The van der Waals surface area contributed by atoms with E-state index in [1.165, 1.54) is 24.0 Å². The van der Waals surface area contributed by atoms with Crippen LogP contribution in [0.2, 0.25) is 0 Å². The standard InChI is InChI=1S/C16H18ClNO/c17-11-3-1-10(2-4-11)13-9-12-5-6-14-16(13)15(19)7-8-18(12)14/h1,3-4,12,14,16H,2,5-9H2/b13-10-. The molecule has 4 unspecified atom stereocenters. The Balaban J connectivity index is 1.75. The molecule has 0 radical (unpaired) electrons. The number of allylic oxidation sites excluding steroid dienone is 5. The minimum atomic E-state index is 0.178. The molecule has 0 aromatic heterocycles. The zero-order chi connectivity index (χ0) is 13.0. The molecule has 0 amide bonds. The van der Waals surface area contributed by atoms with Gasteiger partial charge in [0.2, 0.25) is 0 Å². The van der Waals surface area contributed by atoms with Crippen molar-refractivity contribution in [3.05, 3.63) is 34.4 Å². The van der Waals surface area contributed by atoms with Crippen molar-refractivity contribution >= 4 is 17.4 Å². The number of halogens is 1. The van der Waals surface area contributed by atoms with Crippen LogP contribution in [0.4, 0.5) is 0 Å². The quantitative estimate of drug-likeness (QED) is 0.677. The fourth-order valence-electron chi connectivity index (χ4n) is 4.40. The largest absolute Gasteiger partial charge is 0.299 e. The van der Waals surface area contributed by atoms with E-state index in [1.807, 2.05) is 6.08 Å². The molecule has 0 aromatic carbocycles. The Hall–Kier alpha value is -0.860. The van der Waals surface area contributed by atoms with Gasteiger partial charge in [0.1, 0.15) is 5.78 Å². The van der Waals surface area contributed by atoms with Gasteiger partial charge >= 0.3 is 0 Å². The van der Waals surface area contributed by atoms with Gasteiger partial charge in [0, 0.05) is 30.1 Å². The van der Waals surface area contributed by atoms with Gasteiger partial charge in [0.15, 0.2) is 0 Å². The van der Waals surface area contributed by atoms with E-state index >= 15 is 0 Å². The fraction of sp³-hybridized carbons (Fsp3) is 0.562. The highest BCUT2D eigenvalue weighted by Gasteiger charge is 2.50. The van der Waals surface area contributed by atoms with Gasteiger partial charge in [0.25, 0.3) is 0 Å². The summed E-state index contributed by atoms with van der Waals surface area (Å²) in [6.45, 7) is 0.995. The molecule has 0 spiro atoms. The Bertz CT molecular complexity index is 531. The predicted octanol–water partition coefficient (Wildman–Crippen LogP) is 3.19. The van der Waals surface area contributed by atoms with Crippen molar-refractivity contribution in [2.45, 2.75) is 44.2 Å². The lowest BCUT2D eigenvalue weighted by Crippen LogP contribution is -2.53. The van der Waals surface area contributed by atoms with Crippen molar-refractivity contribution < 1.29 is 4.79 Å². The summed E-state index contributed by atoms with van der Waals surface area (Å²) >= 11 is 6.00. The van der Waals surface area contributed by atoms with E-state index in [9.17, 15) is 4.79 Å². The highest BCUT2D eigenvalue weighted by Crippen LogP contribution is 2.47. The van der Waals surface area contributed by atoms with Gasteiger partial charge in [-0.1, -0.05) is 29.3 Å². The van der Waals surface area contributed by atoms with E-state index in [-0.39, 0.29) is 5.92 Å². The maximum Gasteiger partial charge on any atom is 0.142 e. The monoisotopic (exact) mass is 275 g/mol. The molecule has 3 heterocycles. The average Bonchev–Trinajstić information content (AvgIpc) is 2.69. The van der Waals surface area contributed by atoms with E-state index in [2.05, 4.69) is 17.1 Å². The molecule has 0 N–H and O–H groups in total. The highest BCUT2D eigenvalue weighted by atomic mass is 35.5. The first-order chi connectivity index (χ1) is 9.24. The summed E-state index contributed by atoms with van der Waals surface area (Å²) in [5, 5.41) is 0.819. The van der Waals surface area contributed by atoms with Gasteiger partial charge < -0.3 is 0 Å². The third-order valence-corrected chi connectivity index (χ3v) is 5.52. The number of carbonyl (C=O) groups is 1. The van der Waals surface area contributed by atoms with Crippen molar-refractivity contribution in [3.8, 4) is 0 Å². The minimum Gasteiger partial charge on any atom is -0.299 e. The molecule has 0 saturated carbocycles. The van der Waals surface area contributed by atoms with Crippen LogP contribution in [0.5, 0.6) is 0 Å². The number of ketones is 1. The summed E-state index contributed by atoms with van der Waals surface area (Å²) in [6, 6.07) is 1.18. The second-order valence-corrected chi connectivity index (χ2v) is 6.55. The molecule has 0 aromatic rings. The Morgan fingerprint density at radius 1 is 1.26 bits per heavy atom. The van der Waals surface area contributed by atoms with Gasteiger partial charge in [-0.2, -0.15) is 0 Å². The van der Waals surface area contributed by atoms with Gasteiger partial charge in [-0.25, -0.2) is 0 Å². The third kappa shape index (κ3) is 1.77. The summed E-state index contributed by atoms with van der Waals surface area (Å²) in [5.41, 5.74) is 2.77. The number of nitrogens with zero attached hydrogens (tertiary/aromatic N) is 1. The van der Waals surface area contributed by atoms with Crippen molar-refractivity contribution in [2.24, 2.45) is 5.92 Å². The normalized spacial score (nSPS) is 44.5. The van der Waals surface area contributed by atoms with Crippen LogP contribution in [-0.2, 0) is 4.79 Å². The molecular formula is C16H18ClNO. The molecule has 100 valence electrons. The van der Waals surface area contributed by atoms with Crippen LogP contribution >= 0.6 is 11.6 Å². The van der Waals surface area contributed by atoms with Crippen LogP contribution in [0, 0.1) is 5.92 Å². The third-order valence-electron chi connectivity index (χ3n) is 5.24. The topological polar surface area (TPSA) is 20.3 Å². The molecule has 1 aliphatic carbocycles. The molecule has 2 nitrogen and oxygen atoms in total. The SMILES string of the molecule is O=C1CCN2C3CCC2C1/C(=C1/C=CC(Cl)=CC1)C3. The van der Waals surface area contributed by atoms with Crippen molar-refractivity contribution in [3.63, 3.8) is 0 Å². The molecule has 4 bridgehead atoms. The lowest BCUT2D eigenvalue weighted by atomic mass is 9.75. The second-order valence-electron chi connectivity index (χ2n) is 6.11. The summed E-state index contributed by atoms with van der Waals surface area (Å²) < 4.78 is 0. The fourth-order valence-corrected chi connectivity index (χ4v) is 4.54. The molecule has 3 fully saturated rings. The maximum atomic E-state index is 12.4. The predicted molar refractivity (Wildman–Crippen MR) is 76.0 cm³/mol. The molecule has 3 aliphatic heterocycles. The van der Waals surface area contributed by atoms with E-state index in [4.69, 9.17) is 11.6 Å². The number of hydrogen-bond donors (Lipinski definition) is 0. The highest BCUT2D eigenvalue weighted by molar-refractivity contribution is 6.31. The minimum absolute atomic E-state index is 0.178. The van der Waals surface area contributed by atoms with E-state index in [0.717, 1.165) is 30.8 Å². The van der Waals surface area contributed by atoms with Crippen LogP contribution in [0.1, 0.15) is 32.1 Å². The molecule has 4 rings (SSSR count). The zero-order valence-electron chi connectivity index (χ0n) is 10.9. The van der Waals surface area contributed by atoms with Gasteiger partial charge in [0.05, 0.1) is 5.92 Å². The van der Waals surface area contributed by atoms with Gasteiger partial charge in [-0.05, 0) is 37.3 Å². The summed E-state index contributed by atoms with van der Waals surface area (Å²) in [6.07, 6.45) is 11.4. The first-order valence-corrected chi connectivity index (χ1v) is 7.66. The van der Waals surface area contributed by atoms with E-state index in [1.54, 1.807) is 0 Å². The molecule has 3 saturated heterocycles. The van der Waals surface area contributed by atoms with Crippen LogP contribution in [0.3, 0.4) is 0 Å².